The Morgan fingerprint density at radius 2 is 2.43 bits per heavy atom. The number of rotatable bonds is 2. The molecule has 0 saturated heterocycles. The van der Waals surface area contributed by atoms with Crippen LogP contribution in [0.2, 0.25) is 0 Å². The molecule has 0 unspecified atom stereocenters. The van der Waals surface area contributed by atoms with Gasteiger partial charge in [-0.05, 0) is 13.8 Å². The third-order valence-corrected chi connectivity index (χ3v) is 0.598. The highest BCUT2D eigenvalue weighted by atomic mass is 16.5. The first-order valence-corrected chi connectivity index (χ1v) is 2.25. The van der Waals surface area contributed by atoms with Crippen molar-refractivity contribution in [2.75, 3.05) is 13.7 Å². The molecule has 0 aliphatic heterocycles. The molecule has 0 atom stereocenters. The van der Waals surface area contributed by atoms with Crippen molar-refractivity contribution in [1.29, 1.82) is 0 Å². The molecule has 0 rings (SSSR count). The first-order chi connectivity index (χ1) is 3.27. The van der Waals surface area contributed by atoms with Gasteiger partial charge in [0.1, 0.15) is 0 Å². The molecule has 0 fully saturated rings. The lowest BCUT2D eigenvalue weighted by Crippen LogP contribution is -1.81. The van der Waals surface area contributed by atoms with Crippen molar-refractivity contribution >= 4 is 0 Å². The van der Waals surface area contributed by atoms with Crippen molar-refractivity contribution in [1.82, 2.24) is 0 Å². The Kier molecular flexibility index (Phi) is 3.71. The monoisotopic (exact) mass is 99.1 g/mol. The van der Waals surface area contributed by atoms with E-state index in [1.54, 1.807) is 7.11 Å². The van der Waals surface area contributed by atoms with Crippen molar-refractivity contribution in [2.24, 2.45) is 0 Å². The summed E-state index contributed by atoms with van der Waals surface area (Å²) in [4.78, 5) is 0. The Labute approximate surface area is 45.0 Å². The van der Waals surface area contributed by atoms with Gasteiger partial charge in [0.05, 0.1) is 6.61 Å². The molecule has 0 aromatic rings. The Morgan fingerprint density at radius 1 is 1.86 bits per heavy atom. The zero-order valence-corrected chi connectivity index (χ0v) is 4.90. The second-order valence-electron chi connectivity index (χ2n) is 1.51. The number of ether oxygens (including phenoxy) is 1. The minimum Gasteiger partial charge on any atom is -0.381 e. The van der Waals surface area contributed by atoms with E-state index < -0.39 is 0 Å². The van der Waals surface area contributed by atoms with Crippen molar-refractivity contribution in [3.05, 3.63) is 18.6 Å². The normalized spacial score (nSPS) is 12.1. The van der Waals surface area contributed by atoms with Crippen molar-refractivity contribution < 1.29 is 4.74 Å². The largest absolute Gasteiger partial charge is 0.381 e. The fourth-order valence-electron chi connectivity index (χ4n) is 0.226. The molecule has 1 radical (unpaired) electrons. The maximum Gasteiger partial charge on any atom is 0.0646 e. The van der Waals surface area contributed by atoms with E-state index in [1.807, 2.05) is 13.0 Å². The van der Waals surface area contributed by atoms with Gasteiger partial charge in [0.15, 0.2) is 0 Å². The van der Waals surface area contributed by atoms with Gasteiger partial charge in [0.25, 0.3) is 0 Å². The maximum atomic E-state index is 4.74. The Balaban J connectivity index is 3.08. The van der Waals surface area contributed by atoms with Crippen LogP contribution in [0.4, 0.5) is 0 Å². The standard InChI is InChI=1S/C6H11O/c1-6(2)4-5-7-3/h4H,1,5H2,2-3H3/b6-4-. The van der Waals surface area contributed by atoms with Crippen LogP contribution in [0.5, 0.6) is 0 Å². The molecule has 1 heteroatoms. The van der Waals surface area contributed by atoms with E-state index in [-0.39, 0.29) is 0 Å². The lowest BCUT2D eigenvalue weighted by Gasteiger charge is -1.87. The van der Waals surface area contributed by atoms with Gasteiger partial charge in [-0.1, -0.05) is 11.6 Å². The summed E-state index contributed by atoms with van der Waals surface area (Å²) >= 11 is 0. The predicted octanol–water partition coefficient (Wildman–Crippen LogP) is 1.41. The highest BCUT2D eigenvalue weighted by Crippen LogP contribution is 1.85. The second-order valence-corrected chi connectivity index (χ2v) is 1.51. The van der Waals surface area contributed by atoms with Gasteiger partial charge in [-0.15, -0.1) is 0 Å². The molecular formula is C6H11O. The number of allylic oxidation sites excluding steroid dienone is 1. The van der Waals surface area contributed by atoms with Crippen LogP contribution in [0.1, 0.15) is 6.92 Å². The lowest BCUT2D eigenvalue weighted by molar-refractivity contribution is 0.233. The van der Waals surface area contributed by atoms with E-state index in [9.17, 15) is 0 Å². The summed E-state index contributed by atoms with van der Waals surface area (Å²) in [6, 6.07) is 0. The molecule has 0 amide bonds. The van der Waals surface area contributed by atoms with Crippen molar-refractivity contribution in [3.8, 4) is 0 Å². The molecule has 0 aliphatic rings. The smallest absolute Gasteiger partial charge is 0.0646 e. The molecule has 0 aliphatic carbocycles. The maximum absolute atomic E-state index is 4.74. The topological polar surface area (TPSA) is 9.23 Å². The molecule has 0 heterocycles. The highest BCUT2D eigenvalue weighted by molar-refractivity contribution is 5.00. The van der Waals surface area contributed by atoms with Gasteiger partial charge in [0.2, 0.25) is 0 Å². The molecular weight excluding hydrogens is 88.1 g/mol. The molecule has 0 bridgehead atoms. The van der Waals surface area contributed by atoms with E-state index >= 15 is 0 Å². The molecule has 41 valence electrons. The fraction of sp³-hybridized carbons (Fsp3) is 0.500. The van der Waals surface area contributed by atoms with Crippen LogP contribution < -0.4 is 0 Å². The zero-order valence-electron chi connectivity index (χ0n) is 4.90. The van der Waals surface area contributed by atoms with E-state index in [0.717, 1.165) is 5.57 Å². The highest BCUT2D eigenvalue weighted by Gasteiger charge is 1.72. The lowest BCUT2D eigenvalue weighted by atomic mass is 10.3. The molecule has 0 spiro atoms. The van der Waals surface area contributed by atoms with Crippen LogP contribution in [-0.4, -0.2) is 13.7 Å². The fourth-order valence-corrected chi connectivity index (χ4v) is 0.226. The summed E-state index contributed by atoms with van der Waals surface area (Å²) < 4.78 is 4.74. The second kappa shape index (κ2) is 3.88. The summed E-state index contributed by atoms with van der Waals surface area (Å²) in [5.41, 5.74) is 1.06. The third-order valence-electron chi connectivity index (χ3n) is 0.598. The Morgan fingerprint density at radius 3 is 2.57 bits per heavy atom. The molecule has 7 heavy (non-hydrogen) atoms. The summed E-state index contributed by atoms with van der Waals surface area (Å²) in [5.74, 6) is 0. The minimum atomic E-state index is 0.676. The van der Waals surface area contributed by atoms with Crippen LogP contribution in [-0.2, 0) is 4.74 Å². The molecule has 1 nitrogen and oxygen atoms in total. The zero-order chi connectivity index (χ0) is 5.70. The number of methoxy groups -OCH3 is 1. The van der Waals surface area contributed by atoms with Crippen LogP contribution in [0, 0.1) is 6.92 Å². The van der Waals surface area contributed by atoms with E-state index in [0.29, 0.717) is 6.61 Å². The summed E-state index contributed by atoms with van der Waals surface area (Å²) in [6.45, 7) is 6.28. The van der Waals surface area contributed by atoms with E-state index in [4.69, 9.17) is 4.74 Å². The summed E-state index contributed by atoms with van der Waals surface area (Å²) in [6.07, 6.45) is 1.93. The van der Waals surface area contributed by atoms with Gasteiger partial charge in [-0.25, -0.2) is 0 Å². The van der Waals surface area contributed by atoms with Crippen LogP contribution in [0.25, 0.3) is 0 Å². The average molecular weight is 99.2 g/mol. The first kappa shape index (κ1) is 6.70. The molecule has 0 aromatic carbocycles. The first-order valence-electron chi connectivity index (χ1n) is 2.25. The van der Waals surface area contributed by atoms with Crippen LogP contribution in [0.3, 0.4) is 0 Å². The Hall–Kier alpha value is -0.300. The Bertz CT molecular complexity index is 60.6. The third kappa shape index (κ3) is 5.70. The van der Waals surface area contributed by atoms with E-state index in [1.165, 1.54) is 0 Å². The predicted molar refractivity (Wildman–Crippen MR) is 31.0 cm³/mol. The van der Waals surface area contributed by atoms with Gasteiger partial charge >= 0.3 is 0 Å². The van der Waals surface area contributed by atoms with Gasteiger partial charge in [-0.2, -0.15) is 0 Å². The molecule has 0 saturated carbocycles. The summed E-state index contributed by atoms with van der Waals surface area (Å²) in [7, 11) is 1.67. The van der Waals surface area contributed by atoms with Crippen LogP contribution >= 0.6 is 0 Å². The van der Waals surface area contributed by atoms with Crippen molar-refractivity contribution in [3.63, 3.8) is 0 Å². The van der Waals surface area contributed by atoms with Gasteiger partial charge in [-0.3, -0.25) is 0 Å². The summed E-state index contributed by atoms with van der Waals surface area (Å²) in [5, 5.41) is 0. The molecule has 0 N–H and O–H groups in total. The SMILES string of the molecule is [CH2]/C(C)=C/COC. The number of hydrogen-bond acceptors (Lipinski definition) is 1. The van der Waals surface area contributed by atoms with Gasteiger partial charge in [0, 0.05) is 7.11 Å². The number of hydrogen-bond donors (Lipinski definition) is 0. The minimum absolute atomic E-state index is 0.676. The quantitative estimate of drug-likeness (QED) is 0.508. The van der Waals surface area contributed by atoms with Crippen LogP contribution in [0.15, 0.2) is 11.6 Å². The van der Waals surface area contributed by atoms with Crippen molar-refractivity contribution in [2.45, 2.75) is 6.92 Å². The van der Waals surface area contributed by atoms with E-state index in [2.05, 4.69) is 6.92 Å². The van der Waals surface area contributed by atoms with Gasteiger partial charge < -0.3 is 4.74 Å². The molecule has 0 aromatic heterocycles. The average Bonchev–Trinajstić information content (AvgIpc) is 1.61.